The second kappa shape index (κ2) is 8.53. The maximum Gasteiger partial charge on any atom is 0.285 e. The summed E-state index contributed by atoms with van der Waals surface area (Å²) in [5.41, 5.74) is 2.91. The van der Waals surface area contributed by atoms with Crippen molar-refractivity contribution in [3.05, 3.63) is 30.5 Å². The van der Waals surface area contributed by atoms with E-state index >= 15 is 0 Å². The number of piperidine rings is 1. The van der Waals surface area contributed by atoms with Gasteiger partial charge >= 0.3 is 0 Å². The zero-order valence-electron chi connectivity index (χ0n) is 23.0. The van der Waals surface area contributed by atoms with Crippen molar-refractivity contribution in [1.82, 2.24) is 34.5 Å². The molecule has 38 heavy (non-hydrogen) atoms. The number of likely N-dealkylation sites (tertiary alicyclic amines) is 1. The van der Waals surface area contributed by atoms with Crippen LogP contribution in [0, 0.1) is 0 Å². The van der Waals surface area contributed by atoms with Gasteiger partial charge in [0.15, 0.2) is 0 Å². The van der Waals surface area contributed by atoms with Gasteiger partial charge in [-0.05, 0) is 30.2 Å². The molecule has 2 aliphatic rings. The molecule has 14 heteroatoms. The van der Waals surface area contributed by atoms with Gasteiger partial charge in [-0.25, -0.2) is 26.8 Å². The van der Waals surface area contributed by atoms with Gasteiger partial charge in [0.25, 0.3) is 11.8 Å². The average Bonchev–Trinajstić information content (AvgIpc) is 3.50. The molecule has 0 radical (unpaired) electrons. The second-order valence-electron chi connectivity index (χ2n) is 9.60. The van der Waals surface area contributed by atoms with Gasteiger partial charge in [-0.3, -0.25) is 4.79 Å². The van der Waals surface area contributed by atoms with E-state index in [0.29, 0.717) is 32.6 Å². The Bertz CT molecular complexity index is 1650. The summed E-state index contributed by atoms with van der Waals surface area (Å²) >= 11 is 0. The third-order valence-corrected chi connectivity index (χ3v) is 7.06. The first-order chi connectivity index (χ1) is 19.3. The van der Waals surface area contributed by atoms with Gasteiger partial charge in [0.05, 0.1) is 31.3 Å². The van der Waals surface area contributed by atoms with E-state index in [1.165, 1.54) is 16.3 Å². The van der Waals surface area contributed by atoms with Crippen molar-refractivity contribution in [2.24, 2.45) is 0 Å². The Morgan fingerprint density at radius 1 is 1.24 bits per heavy atom. The fourth-order valence-electron chi connectivity index (χ4n) is 5.05. The molecule has 1 saturated carbocycles. The molecule has 1 saturated heterocycles. The summed E-state index contributed by atoms with van der Waals surface area (Å²) in [5, 5.41) is 15.1. The fraction of sp³-hybridized carbons (Fsp3) is 0.458. The SMILES string of the molecule is [2H]C([2H])([2H])C(=O)N1CC[C@@H](Nc2nc(OC)c3c(-c4ccc5nnn(C6CC(F)(F)C6)c5c4)ccn3n2)C(F)(F)C1. The molecule has 200 valence electrons. The number of anilines is 1. The van der Waals surface area contributed by atoms with E-state index in [2.05, 4.69) is 25.7 Å². The molecular formula is C24H24F4N8O2. The maximum absolute atomic E-state index is 15.0. The van der Waals surface area contributed by atoms with Crippen LogP contribution in [0.25, 0.3) is 27.7 Å². The van der Waals surface area contributed by atoms with Crippen LogP contribution in [0.2, 0.25) is 0 Å². The number of amides is 1. The van der Waals surface area contributed by atoms with Crippen molar-refractivity contribution in [3.8, 4) is 17.0 Å². The summed E-state index contributed by atoms with van der Waals surface area (Å²) in [7, 11) is 1.37. The second-order valence-corrected chi connectivity index (χ2v) is 9.60. The largest absolute Gasteiger partial charge is 0.479 e. The lowest BCUT2D eigenvalue weighted by atomic mass is 9.88. The summed E-state index contributed by atoms with van der Waals surface area (Å²) < 4.78 is 86.9. The normalized spacial score (nSPS) is 22.5. The molecule has 1 atom stereocenters. The molecule has 1 amide bonds. The standard InChI is InChI=1S/C24H24F4N8O2/c1-13(37)34-7-6-19(24(27,28)12-34)29-22-30-21(38-2)20-16(5-8-35(20)32-22)14-3-4-17-18(9-14)36(33-31-17)15-10-23(25,26)11-15/h3-5,8-9,15,19H,6-7,10-12H2,1-2H3,(H,29,32)/t19-/m1/s1/i1D3. The Labute approximate surface area is 217 Å². The quantitative estimate of drug-likeness (QED) is 0.388. The Kier molecular flexibility index (Phi) is 4.72. The highest BCUT2D eigenvalue weighted by Crippen LogP contribution is 2.46. The molecule has 4 heterocycles. The van der Waals surface area contributed by atoms with Crippen LogP contribution in [0.15, 0.2) is 30.5 Å². The Morgan fingerprint density at radius 3 is 2.76 bits per heavy atom. The highest BCUT2D eigenvalue weighted by atomic mass is 19.3. The van der Waals surface area contributed by atoms with E-state index in [0.717, 1.165) is 0 Å². The van der Waals surface area contributed by atoms with Crippen LogP contribution in [-0.2, 0) is 4.79 Å². The molecular weight excluding hydrogens is 508 g/mol. The molecule has 4 aromatic rings. The van der Waals surface area contributed by atoms with Crippen LogP contribution < -0.4 is 10.1 Å². The van der Waals surface area contributed by atoms with Crippen molar-refractivity contribution < 1.29 is 31.2 Å². The maximum atomic E-state index is 15.0. The predicted octanol–water partition coefficient (Wildman–Crippen LogP) is 3.79. The molecule has 2 fully saturated rings. The number of methoxy groups -OCH3 is 1. The summed E-state index contributed by atoms with van der Waals surface area (Å²) in [6.45, 7) is -4.23. The van der Waals surface area contributed by atoms with Crippen LogP contribution in [0.3, 0.4) is 0 Å². The lowest BCUT2D eigenvalue weighted by Crippen LogP contribution is -2.55. The number of carbonyl (C=O) groups is 1. The number of nitrogens with one attached hydrogen (secondary N) is 1. The Morgan fingerprint density at radius 2 is 2.05 bits per heavy atom. The molecule has 3 aromatic heterocycles. The van der Waals surface area contributed by atoms with E-state index in [9.17, 15) is 22.4 Å². The zero-order valence-corrected chi connectivity index (χ0v) is 20.0. The number of rotatable bonds is 5. The summed E-state index contributed by atoms with van der Waals surface area (Å²) in [6.07, 6.45) is 0.748. The molecule has 1 aliphatic heterocycles. The number of alkyl halides is 4. The molecule has 1 N–H and O–H groups in total. The van der Waals surface area contributed by atoms with Gasteiger partial charge < -0.3 is 15.0 Å². The van der Waals surface area contributed by atoms with Crippen molar-refractivity contribution >= 4 is 28.4 Å². The van der Waals surface area contributed by atoms with Crippen LogP contribution >= 0.6 is 0 Å². The number of fused-ring (bicyclic) bond motifs is 2. The van der Waals surface area contributed by atoms with E-state index < -0.39 is 43.2 Å². The van der Waals surface area contributed by atoms with Crippen LogP contribution in [0.5, 0.6) is 5.88 Å². The summed E-state index contributed by atoms with van der Waals surface area (Å²) in [5.74, 6) is -7.56. The first-order valence-corrected chi connectivity index (χ1v) is 11.9. The Hall–Kier alpha value is -3.97. The monoisotopic (exact) mass is 535 g/mol. The lowest BCUT2D eigenvalue weighted by molar-refractivity contribution is -0.140. The Balaban J connectivity index is 1.28. The summed E-state index contributed by atoms with van der Waals surface area (Å²) in [6, 6.07) is 5.10. The third kappa shape index (κ3) is 4.07. The van der Waals surface area contributed by atoms with Gasteiger partial charge in [0.1, 0.15) is 11.0 Å². The topological polar surface area (TPSA) is 102 Å². The van der Waals surface area contributed by atoms with Crippen LogP contribution in [-0.4, -0.2) is 78.5 Å². The van der Waals surface area contributed by atoms with E-state index in [1.807, 2.05) is 0 Å². The van der Waals surface area contributed by atoms with Crippen molar-refractivity contribution in [2.75, 3.05) is 25.5 Å². The zero-order chi connectivity index (χ0) is 29.3. The predicted molar refractivity (Wildman–Crippen MR) is 129 cm³/mol. The number of carbonyl (C=O) groups excluding carboxylic acids is 1. The van der Waals surface area contributed by atoms with Crippen molar-refractivity contribution in [3.63, 3.8) is 0 Å². The first kappa shape index (κ1) is 21.0. The fourth-order valence-corrected chi connectivity index (χ4v) is 5.05. The van der Waals surface area contributed by atoms with Crippen molar-refractivity contribution in [1.29, 1.82) is 0 Å². The van der Waals surface area contributed by atoms with Gasteiger partial charge in [-0.2, -0.15) is 4.98 Å². The van der Waals surface area contributed by atoms with Gasteiger partial charge in [0.2, 0.25) is 17.7 Å². The number of ether oxygens (including phenoxy) is 1. The van der Waals surface area contributed by atoms with Crippen molar-refractivity contribution in [2.45, 2.75) is 50.0 Å². The molecule has 0 bridgehead atoms. The molecule has 1 aliphatic carbocycles. The third-order valence-electron chi connectivity index (χ3n) is 7.06. The minimum Gasteiger partial charge on any atom is -0.479 e. The molecule has 0 unspecified atom stereocenters. The van der Waals surface area contributed by atoms with Gasteiger partial charge in [0, 0.05) is 42.1 Å². The number of hydrogen-bond donors (Lipinski definition) is 1. The van der Waals surface area contributed by atoms with Crippen LogP contribution in [0.4, 0.5) is 23.5 Å². The molecule has 1 aromatic carbocycles. The number of aromatic nitrogens is 6. The lowest BCUT2D eigenvalue weighted by Gasteiger charge is -2.38. The van der Waals surface area contributed by atoms with Crippen LogP contribution in [0.1, 0.15) is 36.3 Å². The highest BCUT2D eigenvalue weighted by molar-refractivity contribution is 5.89. The molecule has 0 spiro atoms. The number of halogens is 4. The minimum atomic E-state index is -3.46. The highest BCUT2D eigenvalue weighted by Gasteiger charge is 2.47. The van der Waals surface area contributed by atoms with Gasteiger partial charge in [-0.15, -0.1) is 10.2 Å². The van der Waals surface area contributed by atoms with E-state index in [-0.39, 0.29) is 37.6 Å². The minimum absolute atomic E-state index is 0.0891. The van der Waals surface area contributed by atoms with E-state index in [4.69, 9.17) is 8.85 Å². The summed E-state index contributed by atoms with van der Waals surface area (Å²) in [4.78, 5) is 16.9. The number of hydrogen-bond acceptors (Lipinski definition) is 7. The molecule has 10 nitrogen and oxygen atoms in total. The average molecular weight is 536 g/mol. The smallest absolute Gasteiger partial charge is 0.285 e. The molecule has 6 rings (SSSR count). The first-order valence-electron chi connectivity index (χ1n) is 13.4. The van der Waals surface area contributed by atoms with E-state index in [1.54, 1.807) is 30.5 Å². The number of benzene rings is 1. The number of nitrogens with zero attached hydrogens (tertiary/aromatic N) is 7. The van der Waals surface area contributed by atoms with Gasteiger partial charge in [-0.1, -0.05) is 11.3 Å².